The first-order chi connectivity index (χ1) is 10.8. The standard InChI is InChI=1S/C15H22F3N3O3/c1-14(2,3)10(19-13(24)15(16,17)18)12(23)21-8-6-7-9(21)11(22)20(4)5/h9-10H,4,6-8H2,1-3,5H3/p+1. The van der Waals surface area contributed by atoms with Gasteiger partial charge in [0.25, 0.3) is 0 Å². The number of likely N-dealkylation sites (tertiary alicyclic amines) is 1. The first kappa shape index (κ1) is 20.1. The summed E-state index contributed by atoms with van der Waals surface area (Å²) in [6.45, 7) is 8.37. The van der Waals surface area contributed by atoms with E-state index in [-0.39, 0.29) is 6.54 Å². The molecule has 24 heavy (non-hydrogen) atoms. The van der Waals surface area contributed by atoms with Gasteiger partial charge in [0.2, 0.25) is 5.91 Å². The molecule has 9 heteroatoms. The molecule has 1 aliphatic heterocycles. The molecule has 0 saturated carbocycles. The Morgan fingerprint density at radius 3 is 2.21 bits per heavy atom. The first-order valence-electron chi connectivity index (χ1n) is 7.53. The number of rotatable bonds is 3. The van der Waals surface area contributed by atoms with E-state index in [2.05, 4.69) is 6.72 Å². The molecule has 0 aromatic heterocycles. The third kappa shape index (κ3) is 4.55. The molecule has 3 amide bonds. The molecule has 6 nitrogen and oxygen atoms in total. The number of alkyl halides is 3. The minimum Gasteiger partial charge on any atom is -0.336 e. The lowest BCUT2D eigenvalue weighted by Gasteiger charge is -2.34. The molecule has 1 saturated heterocycles. The Morgan fingerprint density at radius 1 is 1.25 bits per heavy atom. The lowest BCUT2D eigenvalue weighted by atomic mass is 9.85. The topological polar surface area (TPSA) is 69.5 Å². The number of nitrogens with zero attached hydrogens (tertiary/aromatic N) is 2. The number of amides is 3. The van der Waals surface area contributed by atoms with E-state index < -0.39 is 41.4 Å². The molecular weight excluding hydrogens is 327 g/mol. The average Bonchev–Trinajstić information content (AvgIpc) is 2.89. The Balaban J connectivity index is 3.06. The van der Waals surface area contributed by atoms with Crippen LogP contribution < -0.4 is 5.32 Å². The van der Waals surface area contributed by atoms with E-state index in [0.29, 0.717) is 12.8 Å². The molecule has 0 spiro atoms. The number of hydrogen-bond acceptors (Lipinski definition) is 3. The van der Waals surface area contributed by atoms with Gasteiger partial charge in [0.1, 0.15) is 19.8 Å². The molecule has 2 atom stereocenters. The summed E-state index contributed by atoms with van der Waals surface area (Å²) < 4.78 is 38.7. The van der Waals surface area contributed by atoms with Crippen molar-refractivity contribution < 1.29 is 32.1 Å². The van der Waals surface area contributed by atoms with E-state index in [0.717, 1.165) is 4.58 Å². The van der Waals surface area contributed by atoms with Gasteiger partial charge in [0.05, 0.1) is 0 Å². The Bertz CT molecular complexity index is 552. The molecule has 136 valence electrons. The lowest BCUT2D eigenvalue weighted by molar-refractivity contribution is -0.413. The number of carbonyl (C=O) groups is 3. The van der Waals surface area contributed by atoms with E-state index in [1.165, 1.54) is 11.9 Å². The van der Waals surface area contributed by atoms with Crippen LogP contribution in [0.5, 0.6) is 0 Å². The molecule has 1 heterocycles. The maximum Gasteiger partial charge on any atom is 0.471 e. The van der Waals surface area contributed by atoms with E-state index in [9.17, 15) is 27.6 Å². The normalized spacial score (nSPS) is 19.8. The summed E-state index contributed by atoms with van der Waals surface area (Å²) >= 11 is 0. The number of carbonyl (C=O) groups excluding carboxylic acids is 3. The van der Waals surface area contributed by atoms with Crippen molar-refractivity contribution in [2.24, 2.45) is 5.41 Å². The smallest absolute Gasteiger partial charge is 0.336 e. The number of nitrogens with one attached hydrogen (secondary N) is 1. The number of likely N-dealkylation sites (N-methyl/N-ethyl adjacent to an activating group) is 1. The quantitative estimate of drug-likeness (QED) is 0.608. The molecule has 0 aromatic carbocycles. The Kier molecular flexibility index (Phi) is 5.78. The molecule has 0 bridgehead atoms. The molecule has 0 aliphatic carbocycles. The molecular formula is C15H23F3N3O3+. The highest BCUT2D eigenvalue weighted by Crippen LogP contribution is 2.27. The second-order valence-electron chi connectivity index (χ2n) is 7.00. The van der Waals surface area contributed by atoms with Crippen molar-refractivity contribution in [3.63, 3.8) is 0 Å². The summed E-state index contributed by atoms with van der Waals surface area (Å²) in [6.07, 6.45) is -4.12. The van der Waals surface area contributed by atoms with Crippen molar-refractivity contribution in [3.8, 4) is 0 Å². The number of hydrogen-bond donors (Lipinski definition) is 1. The monoisotopic (exact) mass is 350 g/mol. The van der Waals surface area contributed by atoms with Crippen LogP contribution in [0.3, 0.4) is 0 Å². The zero-order valence-corrected chi connectivity index (χ0v) is 14.2. The molecule has 1 fully saturated rings. The zero-order valence-electron chi connectivity index (χ0n) is 14.2. The predicted octanol–water partition coefficient (Wildman–Crippen LogP) is 0.940. The Morgan fingerprint density at radius 2 is 1.79 bits per heavy atom. The van der Waals surface area contributed by atoms with Crippen LogP contribution in [0.15, 0.2) is 0 Å². The van der Waals surface area contributed by atoms with Crippen molar-refractivity contribution in [1.82, 2.24) is 10.2 Å². The minimum absolute atomic E-state index is 0.248. The first-order valence-corrected chi connectivity index (χ1v) is 7.53. The van der Waals surface area contributed by atoms with Crippen LogP contribution in [-0.2, 0) is 14.4 Å². The van der Waals surface area contributed by atoms with Gasteiger partial charge in [-0.1, -0.05) is 20.8 Å². The van der Waals surface area contributed by atoms with Crippen molar-refractivity contribution in [2.75, 3.05) is 13.6 Å². The molecule has 1 N–H and O–H groups in total. The van der Waals surface area contributed by atoms with Crippen LogP contribution in [0.1, 0.15) is 33.6 Å². The van der Waals surface area contributed by atoms with Gasteiger partial charge in [-0.15, -0.1) is 0 Å². The van der Waals surface area contributed by atoms with Crippen molar-refractivity contribution in [3.05, 3.63) is 0 Å². The van der Waals surface area contributed by atoms with E-state index in [4.69, 9.17) is 0 Å². The molecule has 0 radical (unpaired) electrons. The third-order valence-electron chi connectivity index (χ3n) is 3.84. The van der Waals surface area contributed by atoms with Crippen LogP contribution in [0.2, 0.25) is 0 Å². The van der Waals surface area contributed by atoms with E-state index in [1.807, 2.05) is 0 Å². The minimum atomic E-state index is -5.09. The SMILES string of the molecule is C=[N+](C)C(=O)C1CCCN1C(=O)C(NC(=O)C(F)(F)F)C(C)(C)C. The lowest BCUT2D eigenvalue weighted by Crippen LogP contribution is -2.59. The zero-order chi connectivity index (χ0) is 18.9. The maximum absolute atomic E-state index is 12.7. The van der Waals surface area contributed by atoms with Crippen molar-refractivity contribution >= 4 is 24.4 Å². The number of halogens is 3. The van der Waals surface area contributed by atoms with Crippen LogP contribution in [0, 0.1) is 5.41 Å². The Hall–Kier alpha value is -1.93. The maximum atomic E-state index is 12.7. The van der Waals surface area contributed by atoms with Gasteiger partial charge in [-0.2, -0.15) is 17.7 Å². The van der Waals surface area contributed by atoms with Gasteiger partial charge < -0.3 is 10.2 Å². The fraction of sp³-hybridized carbons (Fsp3) is 0.733. The highest BCUT2D eigenvalue weighted by molar-refractivity contribution is 5.92. The van der Waals surface area contributed by atoms with Crippen LogP contribution in [-0.4, -0.2) is 65.8 Å². The Labute approximate surface area is 138 Å². The highest BCUT2D eigenvalue weighted by atomic mass is 19.4. The van der Waals surface area contributed by atoms with Crippen molar-refractivity contribution in [2.45, 2.75) is 51.9 Å². The molecule has 1 rings (SSSR count). The molecule has 1 aliphatic rings. The van der Waals surface area contributed by atoms with E-state index in [1.54, 1.807) is 26.1 Å². The second-order valence-corrected chi connectivity index (χ2v) is 7.00. The molecule has 2 unspecified atom stereocenters. The average molecular weight is 350 g/mol. The predicted molar refractivity (Wildman–Crippen MR) is 80.5 cm³/mol. The highest BCUT2D eigenvalue weighted by Gasteiger charge is 2.47. The van der Waals surface area contributed by atoms with Gasteiger partial charge in [-0.3, -0.25) is 9.59 Å². The van der Waals surface area contributed by atoms with Crippen LogP contribution in [0.25, 0.3) is 0 Å². The summed E-state index contributed by atoms with van der Waals surface area (Å²) in [7, 11) is 1.44. The fourth-order valence-corrected chi connectivity index (χ4v) is 2.57. The van der Waals surface area contributed by atoms with Crippen LogP contribution in [0.4, 0.5) is 13.2 Å². The summed E-state index contributed by atoms with van der Waals surface area (Å²) in [6, 6.07) is -2.16. The second kappa shape index (κ2) is 6.90. The van der Waals surface area contributed by atoms with Gasteiger partial charge in [0, 0.05) is 6.54 Å². The van der Waals surface area contributed by atoms with Gasteiger partial charge >= 0.3 is 18.0 Å². The van der Waals surface area contributed by atoms with E-state index >= 15 is 0 Å². The van der Waals surface area contributed by atoms with Gasteiger partial charge in [0.15, 0.2) is 6.04 Å². The summed E-state index contributed by atoms with van der Waals surface area (Å²) in [5.74, 6) is -3.26. The van der Waals surface area contributed by atoms with Gasteiger partial charge in [-0.25, -0.2) is 4.79 Å². The fourth-order valence-electron chi connectivity index (χ4n) is 2.57. The summed E-state index contributed by atoms with van der Waals surface area (Å²) in [5, 5.41) is 1.77. The van der Waals surface area contributed by atoms with Crippen LogP contribution >= 0.6 is 0 Å². The largest absolute Gasteiger partial charge is 0.471 e. The molecule has 0 aromatic rings. The summed E-state index contributed by atoms with van der Waals surface area (Å²) in [4.78, 5) is 37.4. The van der Waals surface area contributed by atoms with Crippen molar-refractivity contribution in [1.29, 1.82) is 0 Å². The third-order valence-corrected chi connectivity index (χ3v) is 3.84. The van der Waals surface area contributed by atoms with Gasteiger partial charge in [-0.05, 0) is 18.3 Å². The summed E-state index contributed by atoms with van der Waals surface area (Å²) in [5.41, 5.74) is -0.954.